The van der Waals surface area contributed by atoms with Crippen molar-refractivity contribution in [2.24, 2.45) is 0 Å². The number of aromatic nitrogens is 2. The van der Waals surface area contributed by atoms with Gasteiger partial charge in [-0.15, -0.1) is 0 Å². The molecule has 1 aromatic heterocycles. The summed E-state index contributed by atoms with van der Waals surface area (Å²) < 4.78 is 27.3. The Morgan fingerprint density at radius 2 is 1.95 bits per heavy atom. The smallest absolute Gasteiger partial charge is 0.262 e. The summed E-state index contributed by atoms with van der Waals surface area (Å²) in [5, 5.41) is 6.26. The molecule has 19 heavy (non-hydrogen) atoms. The summed E-state index contributed by atoms with van der Waals surface area (Å²) in [7, 11) is -3.68. The van der Waals surface area contributed by atoms with Crippen LogP contribution in [0.1, 0.15) is 16.7 Å². The minimum absolute atomic E-state index is 0.228. The summed E-state index contributed by atoms with van der Waals surface area (Å²) in [6.45, 7) is 5.30. The highest BCUT2D eigenvalue weighted by Gasteiger charge is 2.22. The van der Waals surface area contributed by atoms with Gasteiger partial charge in [0, 0.05) is 11.9 Å². The number of aryl methyl sites for hydroxylation is 1. The van der Waals surface area contributed by atoms with Crippen LogP contribution >= 0.6 is 0 Å². The zero-order chi connectivity index (χ0) is 14.2. The Bertz CT molecular complexity index is 680. The first kappa shape index (κ1) is 13.4. The highest BCUT2D eigenvalue weighted by Crippen LogP contribution is 2.29. The lowest BCUT2D eigenvalue weighted by Crippen LogP contribution is -2.17. The lowest BCUT2D eigenvalue weighted by atomic mass is 10.1. The van der Waals surface area contributed by atoms with Crippen LogP contribution in [0, 0.1) is 20.8 Å². The minimum Gasteiger partial charge on any atom is -0.398 e. The largest absolute Gasteiger partial charge is 0.398 e. The van der Waals surface area contributed by atoms with Crippen molar-refractivity contribution in [3.8, 4) is 0 Å². The van der Waals surface area contributed by atoms with Crippen molar-refractivity contribution in [1.82, 2.24) is 10.2 Å². The van der Waals surface area contributed by atoms with Crippen molar-refractivity contribution < 1.29 is 8.42 Å². The molecule has 0 spiro atoms. The Morgan fingerprint density at radius 3 is 2.53 bits per heavy atom. The number of rotatable bonds is 3. The second-order valence-electron chi connectivity index (χ2n) is 4.45. The van der Waals surface area contributed by atoms with Gasteiger partial charge < -0.3 is 5.73 Å². The lowest BCUT2D eigenvalue weighted by molar-refractivity contribution is 0.600. The monoisotopic (exact) mass is 280 g/mol. The van der Waals surface area contributed by atoms with Crippen LogP contribution in [0.25, 0.3) is 0 Å². The van der Waals surface area contributed by atoms with E-state index in [9.17, 15) is 8.42 Å². The number of aromatic amines is 1. The van der Waals surface area contributed by atoms with Crippen LogP contribution in [-0.4, -0.2) is 18.6 Å². The molecule has 0 radical (unpaired) electrons. The fourth-order valence-electron chi connectivity index (χ4n) is 1.96. The molecule has 0 bridgehead atoms. The average molecular weight is 280 g/mol. The van der Waals surface area contributed by atoms with Crippen molar-refractivity contribution in [2.45, 2.75) is 25.7 Å². The van der Waals surface area contributed by atoms with Gasteiger partial charge in [-0.05, 0) is 43.5 Å². The van der Waals surface area contributed by atoms with Crippen LogP contribution in [-0.2, 0) is 10.0 Å². The topological polar surface area (TPSA) is 101 Å². The molecule has 1 heterocycles. The van der Waals surface area contributed by atoms with Crippen molar-refractivity contribution in [1.29, 1.82) is 0 Å². The van der Waals surface area contributed by atoms with Crippen LogP contribution in [0.4, 0.5) is 11.4 Å². The van der Waals surface area contributed by atoms with Crippen molar-refractivity contribution in [3.63, 3.8) is 0 Å². The maximum Gasteiger partial charge on any atom is 0.262 e. The molecular formula is C12H16N4O2S. The first-order valence-electron chi connectivity index (χ1n) is 5.71. The molecule has 102 valence electrons. The summed E-state index contributed by atoms with van der Waals surface area (Å²) >= 11 is 0. The van der Waals surface area contributed by atoms with Crippen molar-refractivity contribution in [3.05, 3.63) is 35.2 Å². The quantitative estimate of drug-likeness (QED) is 0.745. The predicted octanol–water partition coefficient (Wildman–Crippen LogP) is 1.72. The van der Waals surface area contributed by atoms with Crippen LogP contribution in [0.2, 0.25) is 0 Å². The molecule has 0 saturated carbocycles. The number of benzene rings is 1. The highest BCUT2D eigenvalue weighted by atomic mass is 32.2. The molecule has 0 atom stereocenters. The summed E-state index contributed by atoms with van der Waals surface area (Å²) in [6, 6.07) is 1.78. The first-order chi connectivity index (χ1) is 8.83. The van der Waals surface area contributed by atoms with Gasteiger partial charge in [0.05, 0.1) is 16.8 Å². The fourth-order valence-corrected chi connectivity index (χ4v) is 3.57. The number of nitrogen functional groups attached to an aromatic ring is 1. The third-order valence-electron chi connectivity index (χ3n) is 3.10. The number of anilines is 2. The van der Waals surface area contributed by atoms with Gasteiger partial charge in [0.2, 0.25) is 0 Å². The fraction of sp³-hybridized carbons (Fsp3) is 0.250. The molecule has 7 heteroatoms. The Balaban J connectivity index is 2.58. The first-order valence-corrected chi connectivity index (χ1v) is 7.19. The molecule has 2 rings (SSSR count). The third-order valence-corrected chi connectivity index (χ3v) is 4.75. The average Bonchev–Trinajstić information content (AvgIpc) is 2.78. The summed E-state index contributed by atoms with van der Waals surface area (Å²) in [5.74, 6) is 0. The number of sulfonamides is 1. The van der Waals surface area contributed by atoms with E-state index >= 15 is 0 Å². The van der Waals surface area contributed by atoms with Gasteiger partial charge in [0.25, 0.3) is 10.0 Å². The molecular weight excluding hydrogens is 264 g/mol. The van der Waals surface area contributed by atoms with Gasteiger partial charge in [-0.1, -0.05) is 0 Å². The van der Waals surface area contributed by atoms with Crippen LogP contribution < -0.4 is 10.5 Å². The van der Waals surface area contributed by atoms with E-state index < -0.39 is 10.0 Å². The number of nitrogens with zero attached hydrogens (tertiary/aromatic N) is 1. The Morgan fingerprint density at radius 1 is 1.26 bits per heavy atom. The molecule has 2 aromatic rings. The molecule has 0 amide bonds. The molecule has 0 saturated heterocycles. The molecule has 0 aliphatic carbocycles. The summed E-state index contributed by atoms with van der Waals surface area (Å²) in [4.78, 5) is 0.228. The molecule has 0 aliphatic rings. The molecule has 4 N–H and O–H groups in total. The van der Waals surface area contributed by atoms with Gasteiger partial charge in [-0.3, -0.25) is 9.82 Å². The second-order valence-corrected chi connectivity index (χ2v) is 6.07. The SMILES string of the molecule is Cc1cc(N)c(C)c(S(=O)(=O)Nc2cn[nH]c2)c1C. The maximum absolute atomic E-state index is 12.4. The van der Waals surface area contributed by atoms with E-state index in [1.54, 1.807) is 19.9 Å². The predicted molar refractivity (Wildman–Crippen MR) is 74.5 cm³/mol. The van der Waals surface area contributed by atoms with E-state index in [4.69, 9.17) is 5.73 Å². The lowest BCUT2D eigenvalue weighted by Gasteiger charge is -2.15. The highest BCUT2D eigenvalue weighted by molar-refractivity contribution is 7.92. The zero-order valence-corrected chi connectivity index (χ0v) is 11.8. The molecule has 0 aliphatic heterocycles. The maximum atomic E-state index is 12.4. The standard InChI is InChI=1S/C12H16N4O2S/c1-7-4-11(13)9(3)12(8(7)2)19(17,18)16-10-5-14-15-6-10/h4-6,16H,13H2,1-3H3,(H,14,15). The number of H-pyrrole nitrogens is 1. The van der Waals surface area contributed by atoms with Crippen LogP contribution in [0.5, 0.6) is 0 Å². The Kier molecular flexibility index (Phi) is 3.23. The molecule has 0 unspecified atom stereocenters. The third kappa shape index (κ3) is 2.41. The zero-order valence-electron chi connectivity index (χ0n) is 11.0. The Hall–Kier alpha value is -2.02. The van der Waals surface area contributed by atoms with Gasteiger partial charge >= 0.3 is 0 Å². The van der Waals surface area contributed by atoms with Crippen molar-refractivity contribution >= 4 is 21.4 Å². The summed E-state index contributed by atoms with van der Waals surface area (Å²) in [5.41, 5.74) is 8.80. The van der Waals surface area contributed by atoms with Crippen molar-refractivity contribution in [2.75, 3.05) is 10.5 Å². The van der Waals surface area contributed by atoms with E-state index in [1.807, 2.05) is 6.92 Å². The number of nitrogens with one attached hydrogen (secondary N) is 2. The van der Waals surface area contributed by atoms with Gasteiger partial charge in [0.1, 0.15) is 0 Å². The number of nitrogens with two attached hydrogens (primary N) is 1. The van der Waals surface area contributed by atoms with Gasteiger partial charge in [-0.25, -0.2) is 8.42 Å². The molecule has 0 fully saturated rings. The number of hydrogen-bond acceptors (Lipinski definition) is 4. The van der Waals surface area contributed by atoms with E-state index in [-0.39, 0.29) is 4.90 Å². The Labute approximate surface area is 112 Å². The van der Waals surface area contributed by atoms with E-state index in [0.717, 1.165) is 5.56 Å². The van der Waals surface area contributed by atoms with E-state index in [1.165, 1.54) is 12.4 Å². The van der Waals surface area contributed by atoms with E-state index in [2.05, 4.69) is 14.9 Å². The molecule has 6 nitrogen and oxygen atoms in total. The van der Waals surface area contributed by atoms with Crippen LogP contribution in [0.3, 0.4) is 0 Å². The second kappa shape index (κ2) is 4.58. The minimum atomic E-state index is -3.68. The normalized spacial score (nSPS) is 11.5. The summed E-state index contributed by atoms with van der Waals surface area (Å²) in [6.07, 6.45) is 2.88. The van der Waals surface area contributed by atoms with Gasteiger partial charge in [0.15, 0.2) is 0 Å². The molecule has 1 aromatic carbocycles. The van der Waals surface area contributed by atoms with E-state index in [0.29, 0.717) is 22.5 Å². The van der Waals surface area contributed by atoms with Gasteiger partial charge in [-0.2, -0.15) is 5.10 Å². The van der Waals surface area contributed by atoms with Crippen LogP contribution in [0.15, 0.2) is 23.4 Å². The number of hydrogen-bond donors (Lipinski definition) is 3.